The number of nitrogens with zero attached hydrogens (tertiary/aromatic N) is 7. The Morgan fingerprint density at radius 2 is 1.89 bits per heavy atom. The molecular weight excluding hydrogens is 831 g/mol. The molecule has 8 heterocycles. The van der Waals surface area contributed by atoms with Crippen LogP contribution in [0.2, 0.25) is 0 Å². The predicted molar refractivity (Wildman–Crippen MR) is 247 cm³/mol. The molecule has 4 fully saturated rings. The Hall–Kier alpha value is -4.90. The molecule has 15 nitrogen and oxygen atoms in total. The predicted octanol–water partition coefficient (Wildman–Crippen LogP) is 6.06. The van der Waals surface area contributed by atoms with Gasteiger partial charge in [0.1, 0.15) is 18.1 Å². The van der Waals surface area contributed by atoms with Crippen LogP contribution >= 0.6 is 11.3 Å². The van der Waals surface area contributed by atoms with E-state index in [0.29, 0.717) is 49.9 Å². The number of ether oxygens (including phenoxy) is 2. The SMILES string of the molecule is CCn1c(-c2cccnc2[C@H](C)OC)c2c3cc(ccc31)-c1csc(n1)C[C@H](NC(=O)[C@H](C(C)C)N(C)C(=O)N1CC3CCC1CN3C)C(=O)N1CCCC(N1)C(=O)OCC(C)(C)C2. The number of hydrogen-bond donors (Lipinski definition) is 2. The summed E-state index contributed by atoms with van der Waals surface area (Å²) in [5.74, 6) is -1.47. The Bertz CT molecular complexity index is 2390. The van der Waals surface area contributed by atoms with Gasteiger partial charge in [0.25, 0.3) is 5.91 Å². The van der Waals surface area contributed by atoms with Crippen molar-refractivity contribution in [3.05, 3.63) is 58.2 Å². The number of hydrazine groups is 1. The minimum absolute atomic E-state index is 0.0961. The smallest absolute Gasteiger partial charge is 0.324 e. The number of amides is 4. The first-order valence-corrected chi connectivity index (χ1v) is 23.8. The first kappa shape index (κ1) is 45.7. The fourth-order valence-electron chi connectivity index (χ4n) is 10.3. The zero-order valence-electron chi connectivity index (χ0n) is 38.8. The number of methoxy groups -OCH3 is 1. The Kier molecular flexibility index (Phi) is 13.2. The second kappa shape index (κ2) is 18.5. The largest absolute Gasteiger partial charge is 0.464 e. The number of aromatic nitrogens is 3. The third-order valence-corrected chi connectivity index (χ3v) is 14.7. The van der Waals surface area contributed by atoms with Crippen molar-refractivity contribution in [2.24, 2.45) is 11.3 Å². The topological polar surface area (TPSA) is 154 Å². The highest BCUT2D eigenvalue weighted by Gasteiger charge is 2.44. The molecular formula is C48H65N9O6S. The second-order valence-electron chi connectivity index (χ2n) is 19.3. The number of aryl methyl sites for hydroxylation is 1. The standard InChI is InChI=1S/C48H65N9O6S/c1-10-55-39-18-15-30-21-34(39)35(43(55)33-13-11-19-49-41(33)29(4)62-9)23-48(5,6)27-63-46(60)36-14-12-20-57(52-36)45(59)37(22-40-50-38(30)26-64-40)51-44(58)42(28(2)3)54(8)47(61)56-25-31-16-17-32(56)24-53(31)7/h11,13,15,18-19,21,26,28-29,31-32,36-37,42,52H,10,12,14,16-17,20,22-25,27H2,1-9H3,(H,51,58)/t29-,31?,32?,36?,37-,42-/m0/s1. The molecule has 4 aromatic rings. The van der Waals surface area contributed by atoms with Gasteiger partial charge < -0.3 is 29.2 Å². The molecule has 64 heavy (non-hydrogen) atoms. The highest BCUT2D eigenvalue weighted by Crippen LogP contribution is 2.42. The lowest BCUT2D eigenvalue weighted by molar-refractivity contribution is -0.155. The number of benzene rings is 1. The molecule has 2 N–H and O–H groups in total. The first-order chi connectivity index (χ1) is 30.6. The Balaban J connectivity index is 1.16. The molecule has 6 atom stereocenters. The van der Waals surface area contributed by atoms with Gasteiger partial charge in [0, 0.05) is 97.9 Å². The fraction of sp³-hybridized carbons (Fsp3) is 0.583. The van der Waals surface area contributed by atoms with Crippen LogP contribution in [0, 0.1) is 11.3 Å². The van der Waals surface area contributed by atoms with E-state index in [4.69, 9.17) is 19.4 Å². The van der Waals surface area contributed by atoms with Crippen LogP contribution in [0.15, 0.2) is 41.9 Å². The average molecular weight is 896 g/mol. The normalized spacial score (nSPS) is 23.8. The van der Waals surface area contributed by atoms with Gasteiger partial charge in [0.15, 0.2) is 0 Å². The number of piperazine rings is 1. The Morgan fingerprint density at radius 3 is 2.59 bits per heavy atom. The number of esters is 1. The van der Waals surface area contributed by atoms with Crippen molar-refractivity contribution < 1.29 is 28.7 Å². The molecule has 0 saturated carbocycles. The third-order valence-electron chi connectivity index (χ3n) is 13.8. The van der Waals surface area contributed by atoms with Crippen molar-refractivity contribution in [1.82, 2.24) is 45.0 Å². The van der Waals surface area contributed by atoms with Crippen LogP contribution in [0.5, 0.6) is 0 Å². The lowest BCUT2D eigenvalue weighted by Gasteiger charge is -2.51. The number of carbonyl (C=O) groups excluding carboxylic acids is 4. The van der Waals surface area contributed by atoms with Gasteiger partial charge in [-0.1, -0.05) is 33.8 Å². The van der Waals surface area contributed by atoms with Crippen molar-refractivity contribution in [2.45, 2.75) is 123 Å². The first-order valence-electron chi connectivity index (χ1n) is 22.9. The summed E-state index contributed by atoms with van der Waals surface area (Å²) in [4.78, 5) is 72.9. The molecule has 5 aliphatic rings. The van der Waals surface area contributed by atoms with Crippen molar-refractivity contribution >= 4 is 46.1 Å². The van der Waals surface area contributed by atoms with Crippen LogP contribution < -0.4 is 10.7 Å². The van der Waals surface area contributed by atoms with E-state index >= 15 is 0 Å². The van der Waals surface area contributed by atoms with Crippen molar-refractivity contribution in [1.29, 1.82) is 0 Å². The van der Waals surface area contributed by atoms with Crippen LogP contribution in [0.25, 0.3) is 33.4 Å². The highest BCUT2D eigenvalue weighted by atomic mass is 32.1. The summed E-state index contributed by atoms with van der Waals surface area (Å²) in [6, 6.07) is 8.09. The van der Waals surface area contributed by atoms with Gasteiger partial charge in [0.05, 0.1) is 34.8 Å². The van der Waals surface area contributed by atoms with Crippen LogP contribution in [-0.2, 0) is 43.2 Å². The van der Waals surface area contributed by atoms with Gasteiger partial charge >= 0.3 is 12.0 Å². The summed E-state index contributed by atoms with van der Waals surface area (Å²) in [6.45, 7) is 14.9. The van der Waals surface area contributed by atoms with Gasteiger partial charge in [-0.2, -0.15) is 0 Å². The molecule has 1 aromatic carbocycles. The maximum Gasteiger partial charge on any atom is 0.324 e. The number of hydrogen-bond acceptors (Lipinski definition) is 11. The molecule has 0 aliphatic carbocycles. The number of carbonyl (C=O) groups is 4. The lowest BCUT2D eigenvalue weighted by atomic mass is 9.84. The fourth-order valence-corrected chi connectivity index (χ4v) is 11.2. The maximum atomic E-state index is 14.6. The Morgan fingerprint density at radius 1 is 1.11 bits per heavy atom. The molecule has 4 saturated heterocycles. The van der Waals surface area contributed by atoms with E-state index in [9.17, 15) is 19.2 Å². The van der Waals surface area contributed by atoms with E-state index in [2.05, 4.69) is 72.3 Å². The molecule has 4 amide bonds. The van der Waals surface area contributed by atoms with E-state index < -0.39 is 35.4 Å². The molecule has 0 radical (unpaired) electrons. The molecule has 0 spiro atoms. The highest BCUT2D eigenvalue weighted by molar-refractivity contribution is 7.10. The van der Waals surface area contributed by atoms with E-state index in [1.165, 1.54) is 16.3 Å². The van der Waals surface area contributed by atoms with E-state index in [-0.39, 0.29) is 43.0 Å². The number of cyclic esters (lactones) is 1. The number of piperidine rings is 2. The van der Waals surface area contributed by atoms with Crippen LogP contribution in [0.1, 0.15) is 89.6 Å². The maximum absolute atomic E-state index is 14.6. The molecule has 16 heteroatoms. The van der Waals surface area contributed by atoms with E-state index in [0.717, 1.165) is 64.1 Å². The van der Waals surface area contributed by atoms with Crippen molar-refractivity contribution in [3.8, 4) is 22.5 Å². The average Bonchev–Trinajstić information content (AvgIpc) is 3.88. The monoisotopic (exact) mass is 895 g/mol. The van der Waals surface area contributed by atoms with Gasteiger partial charge in [-0.15, -0.1) is 11.3 Å². The number of urea groups is 1. The van der Waals surface area contributed by atoms with Crippen LogP contribution in [-0.4, -0.2) is 136 Å². The molecule has 3 unspecified atom stereocenters. The zero-order valence-corrected chi connectivity index (χ0v) is 39.7. The molecule has 8 bridgehead atoms. The minimum Gasteiger partial charge on any atom is -0.464 e. The van der Waals surface area contributed by atoms with Crippen LogP contribution in [0.4, 0.5) is 4.79 Å². The number of nitrogens with one attached hydrogen (secondary N) is 2. The number of pyridine rings is 1. The summed E-state index contributed by atoms with van der Waals surface area (Å²) in [5.41, 5.74) is 9.44. The molecule has 3 aromatic heterocycles. The van der Waals surface area contributed by atoms with Crippen molar-refractivity contribution in [3.63, 3.8) is 0 Å². The summed E-state index contributed by atoms with van der Waals surface area (Å²) in [5, 5.41) is 8.28. The van der Waals surface area contributed by atoms with Gasteiger partial charge in [-0.25, -0.2) is 15.2 Å². The molecule has 344 valence electrons. The molecule has 9 rings (SSSR count). The van der Waals surface area contributed by atoms with Gasteiger partial charge in [-0.3, -0.25) is 29.3 Å². The van der Waals surface area contributed by atoms with E-state index in [1.54, 1.807) is 25.3 Å². The van der Waals surface area contributed by atoms with Gasteiger partial charge in [0.2, 0.25) is 5.91 Å². The lowest BCUT2D eigenvalue weighted by Crippen LogP contribution is -2.66. The summed E-state index contributed by atoms with van der Waals surface area (Å²) < 4.78 is 14.3. The summed E-state index contributed by atoms with van der Waals surface area (Å²) in [6.07, 6.45) is 5.32. The Labute approximate surface area is 380 Å². The number of fused-ring (bicyclic) bond motifs is 9. The third kappa shape index (κ3) is 8.90. The minimum atomic E-state index is -1.03. The zero-order chi connectivity index (χ0) is 45.6. The number of likely N-dealkylation sites (N-methyl/N-ethyl adjacent to an activating group) is 2. The number of thiazole rings is 1. The van der Waals surface area contributed by atoms with E-state index in [1.807, 2.05) is 37.1 Å². The second-order valence-corrected chi connectivity index (χ2v) is 20.3. The summed E-state index contributed by atoms with van der Waals surface area (Å²) in [7, 11) is 5.49. The quantitative estimate of drug-likeness (QED) is 0.200. The van der Waals surface area contributed by atoms with Crippen LogP contribution in [0.3, 0.4) is 0 Å². The van der Waals surface area contributed by atoms with Gasteiger partial charge in [-0.05, 0) is 88.7 Å². The van der Waals surface area contributed by atoms with Crippen molar-refractivity contribution in [2.75, 3.05) is 47.4 Å². The number of rotatable bonds is 8. The summed E-state index contributed by atoms with van der Waals surface area (Å²) >= 11 is 1.44. The molecule has 5 aliphatic heterocycles.